The molecule has 0 amide bonds. The van der Waals surface area contributed by atoms with Crippen LogP contribution in [-0.4, -0.2) is 32.2 Å². The van der Waals surface area contributed by atoms with Crippen molar-refractivity contribution in [1.82, 2.24) is 14.8 Å². The summed E-state index contributed by atoms with van der Waals surface area (Å²) in [6, 6.07) is 2.03. The molecular weight excluding hydrogens is 442 g/mol. The van der Waals surface area contributed by atoms with Crippen molar-refractivity contribution in [2.45, 2.75) is 45.1 Å². The highest BCUT2D eigenvalue weighted by Crippen LogP contribution is 2.33. The molecule has 7 nitrogen and oxygen atoms in total. The summed E-state index contributed by atoms with van der Waals surface area (Å²) in [5.74, 6) is 0.219. The molecule has 2 aromatic heterocycles. The summed E-state index contributed by atoms with van der Waals surface area (Å²) in [5.41, 5.74) is 4.94. The zero-order valence-corrected chi connectivity index (χ0v) is 17.8. The van der Waals surface area contributed by atoms with E-state index >= 15 is 0 Å². The molecule has 0 spiro atoms. The Morgan fingerprint density at radius 3 is 2.70 bits per heavy atom. The molecule has 2 atom stereocenters. The van der Waals surface area contributed by atoms with Crippen LogP contribution < -0.4 is 5.73 Å². The Morgan fingerprint density at radius 2 is 2.07 bits per heavy atom. The quantitative estimate of drug-likeness (QED) is 0.502. The van der Waals surface area contributed by atoms with Crippen LogP contribution in [-0.2, 0) is 12.7 Å². The average molecular weight is 460 g/mol. The SMILES string of the molecule is C/C(=C\C(C)N=Nc1ncc(Cl)cc1Cl)C1(C)Cn2nc(C(F)(F)F)cc2C(N)=N1. The molecule has 2 unspecified atom stereocenters. The first kappa shape index (κ1) is 22.2. The molecule has 0 aliphatic carbocycles. The number of fused-ring (bicyclic) bond motifs is 1. The number of hydrogen-bond acceptors (Lipinski definition) is 6. The number of pyridine rings is 1. The van der Waals surface area contributed by atoms with Crippen molar-refractivity contribution in [3.05, 3.63) is 51.4 Å². The summed E-state index contributed by atoms with van der Waals surface area (Å²) in [6.07, 6.45) is -1.36. The minimum Gasteiger partial charge on any atom is -0.382 e. The van der Waals surface area contributed by atoms with Crippen molar-refractivity contribution in [3.8, 4) is 0 Å². The molecule has 12 heteroatoms. The number of halogens is 5. The third-order valence-corrected chi connectivity index (χ3v) is 5.11. The van der Waals surface area contributed by atoms with Crippen molar-refractivity contribution in [2.75, 3.05) is 0 Å². The van der Waals surface area contributed by atoms with E-state index < -0.39 is 17.4 Å². The number of azo groups is 1. The predicted octanol–water partition coefficient (Wildman–Crippen LogP) is 5.20. The molecule has 3 rings (SSSR count). The summed E-state index contributed by atoms with van der Waals surface area (Å²) in [5, 5.41) is 12.5. The molecule has 0 bridgehead atoms. The van der Waals surface area contributed by atoms with Gasteiger partial charge in [0, 0.05) is 6.20 Å². The lowest BCUT2D eigenvalue weighted by atomic mass is 9.91. The molecule has 2 N–H and O–H groups in total. The molecule has 3 heterocycles. The summed E-state index contributed by atoms with van der Waals surface area (Å²) < 4.78 is 40.2. The van der Waals surface area contributed by atoms with E-state index in [0.29, 0.717) is 5.02 Å². The maximum atomic E-state index is 13.0. The van der Waals surface area contributed by atoms with Crippen LogP contribution in [0.15, 0.2) is 45.2 Å². The van der Waals surface area contributed by atoms with E-state index in [0.717, 1.165) is 11.6 Å². The highest BCUT2D eigenvalue weighted by molar-refractivity contribution is 6.35. The van der Waals surface area contributed by atoms with Crippen LogP contribution in [0.25, 0.3) is 0 Å². The highest BCUT2D eigenvalue weighted by Gasteiger charge is 2.39. The van der Waals surface area contributed by atoms with Crippen molar-refractivity contribution >= 4 is 34.9 Å². The Balaban J connectivity index is 1.82. The number of nitrogens with two attached hydrogens (primary N) is 1. The van der Waals surface area contributed by atoms with E-state index in [2.05, 4.69) is 25.3 Å². The van der Waals surface area contributed by atoms with Gasteiger partial charge in [-0.3, -0.25) is 9.67 Å². The summed E-state index contributed by atoms with van der Waals surface area (Å²) in [6.45, 7) is 5.47. The Bertz CT molecular complexity index is 1060. The Kier molecular flexibility index (Phi) is 5.92. The average Bonchev–Trinajstić information content (AvgIpc) is 3.05. The molecular formula is C18H18Cl2F3N7. The Labute approximate surface area is 180 Å². The van der Waals surface area contributed by atoms with Crippen LogP contribution in [0.1, 0.15) is 32.2 Å². The van der Waals surface area contributed by atoms with E-state index in [-0.39, 0.29) is 35.0 Å². The van der Waals surface area contributed by atoms with Gasteiger partial charge in [-0.1, -0.05) is 29.3 Å². The summed E-state index contributed by atoms with van der Waals surface area (Å²) in [7, 11) is 0. The second-order valence-electron chi connectivity index (χ2n) is 7.11. The fourth-order valence-electron chi connectivity index (χ4n) is 2.95. The second kappa shape index (κ2) is 7.99. The summed E-state index contributed by atoms with van der Waals surface area (Å²) >= 11 is 11.8. The lowest BCUT2D eigenvalue weighted by Crippen LogP contribution is -2.40. The highest BCUT2D eigenvalue weighted by atomic mass is 35.5. The van der Waals surface area contributed by atoms with E-state index in [4.69, 9.17) is 28.9 Å². The van der Waals surface area contributed by atoms with Gasteiger partial charge in [-0.2, -0.15) is 23.4 Å². The first-order chi connectivity index (χ1) is 13.9. The van der Waals surface area contributed by atoms with Gasteiger partial charge in [-0.15, -0.1) is 5.11 Å². The number of rotatable bonds is 4. The smallest absolute Gasteiger partial charge is 0.382 e. The van der Waals surface area contributed by atoms with Gasteiger partial charge >= 0.3 is 6.18 Å². The molecule has 2 aromatic rings. The Morgan fingerprint density at radius 1 is 1.37 bits per heavy atom. The molecule has 0 radical (unpaired) electrons. The molecule has 30 heavy (non-hydrogen) atoms. The topological polar surface area (TPSA) is 93.8 Å². The molecule has 0 aromatic carbocycles. The van der Waals surface area contributed by atoms with Crippen LogP contribution in [0, 0.1) is 0 Å². The predicted molar refractivity (Wildman–Crippen MR) is 108 cm³/mol. The van der Waals surface area contributed by atoms with Crippen LogP contribution >= 0.6 is 23.2 Å². The Hall–Kier alpha value is -2.46. The normalized spacial score (nSPS) is 20.9. The number of alkyl halides is 3. The van der Waals surface area contributed by atoms with E-state index in [1.165, 1.54) is 16.9 Å². The van der Waals surface area contributed by atoms with Crippen LogP contribution in [0.4, 0.5) is 19.0 Å². The second-order valence-corrected chi connectivity index (χ2v) is 7.95. The third-order valence-electron chi connectivity index (χ3n) is 4.62. The first-order valence-electron chi connectivity index (χ1n) is 8.80. The standard InChI is InChI=1S/C18H18Cl2F3N7/c1-9(4-10(2)27-28-16-12(20)5-11(19)7-25-16)17(3)8-30-13(15(24)26-17)6-14(29-30)18(21,22)23/h4-7,10H,8H2,1-3H3,(H2,24,26)/b9-4+,28-27?. The summed E-state index contributed by atoms with van der Waals surface area (Å²) in [4.78, 5) is 8.43. The fraction of sp³-hybridized carbons (Fsp3) is 0.389. The van der Waals surface area contributed by atoms with Gasteiger partial charge in [0.25, 0.3) is 0 Å². The monoisotopic (exact) mass is 459 g/mol. The van der Waals surface area contributed by atoms with E-state index in [9.17, 15) is 13.2 Å². The van der Waals surface area contributed by atoms with Gasteiger partial charge in [-0.05, 0) is 38.5 Å². The van der Waals surface area contributed by atoms with Crippen LogP contribution in [0.5, 0.6) is 0 Å². The van der Waals surface area contributed by atoms with E-state index in [1.54, 1.807) is 26.8 Å². The molecule has 0 saturated carbocycles. The minimum absolute atomic E-state index is 0.00840. The molecule has 0 saturated heterocycles. The molecule has 160 valence electrons. The van der Waals surface area contributed by atoms with Crippen LogP contribution in [0.2, 0.25) is 10.0 Å². The fourth-order valence-corrected chi connectivity index (χ4v) is 3.36. The molecule has 1 aliphatic rings. The van der Waals surface area contributed by atoms with Crippen molar-refractivity contribution in [3.63, 3.8) is 0 Å². The van der Waals surface area contributed by atoms with Gasteiger partial charge in [-0.25, -0.2) is 4.98 Å². The number of aromatic nitrogens is 3. The van der Waals surface area contributed by atoms with Gasteiger partial charge < -0.3 is 5.73 Å². The van der Waals surface area contributed by atoms with Crippen LogP contribution in [0.3, 0.4) is 0 Å². The molecule has 0 fully saturated rings. The van der Waals surface area contributed by atoms with Gasteiger partial charge in [0.1, 0.15) is 17.1 Å². The maximum Gasteiger partial charge on any atom is 0.435 e. The number of hydrogen-bond donors (Lipinski definition) is 1. The number of nitrogens with zero attached hydrogens (tertiary/aromatic N) is 6. The first-order valence-corrected chi connectivity index (χ1v) is 9.56. The number of aliphatic imine (C=N–C) groups is 1. The largest absolute Gasteiger partial charge is 0.435 e. The lowest BCUT2D eigenvalue weighted by molar-refractivity contribution is -0.141. The van der Waals surface area contributed by atoms with Crippen molar-refractivity contribution in [2.24, 2.45) is 21.0 Å². The van der Waals surface area contributed by atoms with Crippen molar-refractivity contribution < 1.29 is 13.2 Å². The number of amidine groups is 1. The zero-order valence-electron chi connectivity index (χ0n) is 16.2. The van der Waals surface area contributed by atoms with E-state index in [1.807, 2.05) is 0 Å². The van der Waals surface area contributed by atoms with Gasteiger partial charge in [0.05, 0.1) is 22.6 Å². The zero-order chi connectivity index (χ0) is 22.3. The van der Waals surface area contributed by atoms with Crippen molar-refractivity contribution in [1.29, 1.82) is 0 Å². The minimum atomic E-state index is -4.56. The van der Waals surface area contributed by atoms with Gasteiger partial charge in [0.15, 0.2) is 11.5 Å². The van der Waals surface area contributed by atoms with Gasteiger partial charge in [0.2, 0.25) is 0 Å². The lowest BCUT2D eigenvalue weighted by Gasteiger charge is -2.31. The third kappa shape index (κ3) is 4.65. The maximum absolute atomic E-state index is 13.0. The molecule has 1 aliphatic heterocycles.